The van der Waals surface area contributed by atoms with Crippen LogP contribution in [0.1, 0.15) is 23.1 Å². The van der Waals surface area contributed by atoms with Crippen molar-refractivity contribution in [1.29, 1.82) is 0 Å². The van der Waals surface area contributed by atoms with Crippen LogP contribution in [0.25, 0.3) is 0 Å². The summed E-state index contributed by atoms with van der Waals surface area (Å²) < 4.78 is 0. The van der Waals surface area contributed by atoms with E-state index in [4.69, 9.17) is 5.73 Å². The summed E-state index contributed by atoms with van der Waals surface area (Å²) in [5.74, 6) is -1.94. The molecule has 2 atom stereocenters. The first-order chi connectivity index (χ1) is 10.1. The number of carboxylic acid groups (broad SMARTS) is 1. The van der Waals surface area contributed by atoms with Gasteiger partial charge in [-0.15, -0.1) is 0 Å². The lowest BCUT2D eigenvalue weighted by Gasteiger charge is -2.25. The molecule has 5 heteroatoms. The van der Waals surface area contributed by atoms with Crippen molar-refractivity contribution < 1.29 is 14.7 Å². The molecule has 0 bridgehead atoms. The number of nitrogens with two attached hydrogens (primary N) is 1. The fourth-order valence-electron chi connectivity index (χ4n) is 2.31. The van der Waals surface area contributed by atoms with Gasteiger partial charge in [-0.2, -0.15) is 0 Å². The molecule has 0 aliphatic carbocycles. The molecular formula is C16H16N2O3. The van der Waals surface area contributed by atoms with Gasteiger partial charge in [0.15, 0.2) is 0 Å². The lowest BCUT2D eigenvalue weighted by atomic mass is 9.87. The first-order valence-corrected chi connectivity index (χ1v) is 6.48. The minimum Gasteiger partial charge on any atom is -0.481 e. The summed E-state index contributed by atoms with van der Waals surface area (Å²) in [5, 5.41) is 12.1. The molecule has 2 aromatic carbocycles. The van der Waals surface area contributed by atoms with Crippen LogP contribution in [0, 0.1) is 0 Å². The number of hydrogen-bond acceptors (Lipinski definition) is 2. The summed E-state index contributed by atoms with van der Waals surface area (Å²) >= 11 is 0. The predicted molar refractivity (Wildman–Crippen MR) is 78.7 cm³/mol. The van der Waals surface area contributed by atoms with Crippen LogP contribution in [-0.2, 0) is 4.79 Å². The fraction of sp³-hybridized carbons (Fsp3) is 0.125. The van der Waals surface area contributed by atoms with Gasteiger partial charge in [0, 0.05) is 0 Å². The van der Waals surface area contributed by atoms with Crippen molar-refractivity contribution in [2.45, 2.75) is 12.0 Å². The zero-order valence-corrected chi connectivity index (χ0v) is 11.3. The molecule has 21 heavy (non-hydrogen) atoms. The Hall–Kier alpha value is -2.82. The molecule has 0 aliphatic heterocycles. The Balaban J connectivity index is 2.46. The van der Waals surface area contributed by atoms with Gasteiger partial charge in [0.2, 0.25) is 0 Å². The van der Waals surface area contributed by atoms with Crippen LogP contribution in [-0.4, -0.2) is 17.1 Å². The molecule has 0 heterocycles. The van der Waals surface area contributed by atoms with Gasteiger partial charge in [-0.3, -0.25) is 4.79 Å². The minimum atomic E-state index is -1.02. The maximum absolute atomic E-state index is 11.7. The molecule has 0 radical (unpaired) electrons. The van der Waals surface area contributed by atoms with Crippen molar-refractivity contribution in [2.75, 3.05) is 0 Å². The van der Waals surface area contributed by atoms with Gasteiger partial charge in [0.05, 0.1) is 6.04 Å². The smallest absolute Gasteiger partial charge is 0.313 e. The maximum atomic E-state index is 11.7. The molecule has 2 aromatic rings. The molecular weight excluding hydrogens is 268 g/mol. The Bertz CT molecular complexity index is 614. The van der Waals surface area contributed by atoms with Crippen LogP contribution >= 0.6 is 0 Å². The highest BCUT2D eigenvalue weighted by molar-refractivity contribution is 5.80. The Morgan fingerprint density at radius 3 is 1.81 bits per heavy atom. The average Bonchev–Trinajstić information content (AvgIpc) is 2.48. The van der Waals surface area contributed by atoms with Gasteiger partial charge in [-0.05, 0) is 11.1 Å². The molecule has 2 rings (SSSR count). The largest absolute Gasteiger partial charge is 0.481 e. The van der Waals surface area contributed by atoms with E-state index >= 15 is 0 Å². The molecule has 4 N–H and O–H groups in total. The second-order valence-corrected chi connectivity index (χ2v) is 4.62. The van der Waals surface area contributed by atoms with Crippen LogP contribution in [0.5, 0.6) is 0 Å². The summed E-state index contributed by atoms with van der Waals surface area (Å²) in [6.45, 7) is 0. The number of primary amides is 1. The Morgan fingerprint density at radius 1 is 0.905 bits per heavy atom. The molecule has 0 saturated heterocycles. The van der Waals surface area contributed by atoms with E-state index in [0.717, 1.165) is 0 Å². The van der Waals surface area contributed by atoms with Crippen molar-refractivity contribution in [3.05, 3.63) is 71.8 Å². The number of nitrogens with one attached hydrogen (secondary N) is 1. The molecule has 0 aliphatic rings. The van der Waals surface area contributed by atoms with Gasteiger partial charge >= 0.3 is 12.0 Å². The molecule has 0 saturated carbocycles. The van der Waals surface area contributed by atoms with Gasteiger partial charge in [-0.25, -0.2) is 4.79 Å². The first-order valence-electron chi connectivity index (χ1n) is 6.48. The van der Waals surface area contributed by atoms with E-state index in [-0.39, 0.29) is 0 Å². The molecule has 0 spiro atoms. The third-order valence-corrected chi connectivity index (χ3v) is 3.21. The van der Waals surface area contributed by atoms with Gasteiger partial charge in [0.1, 0.15) is 5.92 Å². The highest BCUT2D eigenvalue weighted by Crippen LogP contribution is 2.31. The average molecular weight is 284 g/mol. The highest BCUT2D eigenvalue weighted by atomic mass is 16.4. The van der Waals surface area contributed by atoms with E-state index in [0.29, 0.717) is 11.1 Å². The third kappa shape index (κ3) is 3.60. The molecule has 2 unspecified atom stereocenters. The van der Waals surface area contributed by atoms with E-state index in [2.05, 4.69) is 5.32 Å². The quantitative estimate of drug-likeness (QED) is 0.786. The number of urea groups is 1. The monoisotopic (exact) mass is 284 g/mol. The molecule has 0 fully saturated rings. The molecule has 5 nitrogen and oxygen atoms in total. The zero-order chi connectivity index (χ0) is 15.2. The topological polar surface area (TPSA) is 92.4 Å². The van der Waals surface area contributed by atoms with E-state index in [9.17, 15) is 14.7 Å². The lowest BCUT2D eigenvalue weighted by molar-refractivity contribution is -0.139. The zero-order valence-electron chi connectivity index (χ0n) is 11.3. The Labute approximate surface area is 122 Å². The highest BCUT2D eigenvalue weighted by Gasteiger charge is 2.31. The molecule has 108 valence electrons. The van der Waals surface area contributed by atoms with Gasteiger partial charge in [-0.1, -0.05) is 60.7 Å². The van der Waals surface area contributed by atoms with E-state index in [1.54, 1.807) is 54.6 Å². The molecule has 2 amide bonds. The molecule has 0 aromatic heterocycles. The van der Waals surface area contributed by atoms with Crippen molar-refractivity contribution in [3.8, 4) is 0 Å². The number of carbonyl (C=O) groups is 2. The van der Waals surface area contributed by atoms with E-state index in [1.807, 2.05) is 6.07 Å². The normalized spacial score (nSPS) is 13.1. The Kier molecular flexibility index (Phi) is 4.56. The second kappa shape index (κ2) is 6.56. The number of benzene rings is 2. The first kappa shape index (κ1) is 14.6. The number of carboxylic acids is 1. The van der Waals surface area contributed by atoms with Crippen molar-refractivity contribution >= 4 is 12.0 Å². The number of hydrogen-bond donors (Lipinski definition) is 3. The summed E-state index contributed by atoms with van der Waals surface area (Å²) in [6, 6.07) is 16.2. The standard InChI is InChI=1S/C16H16N2O3/c17-16(21)18-14(12-9-5-2-6-10-12)13(15(19)20)11-7-3-1-4-8-11/h1-10,13-14H,(H,19,20)(H3,17,18,21). The fourth-order valence-corrected chi connectivity index (χ4v) is 2.31. The number of amides is 2. The summed E-state index contributed by atoms with van der Waals surface area (Å²) in [6.07, 6.45) is 0. The second-order valence-electron chi connectivity index (χ2n) is 4.62. The van der Waals surface area contributed by atoms with E-state index in [1.165, 1.54) is 0 Å². The van der Waals surface area contributed by atoms with Crippen molar-refractivity contribution in [2.24, 2.45) is 5.73 Å². The minimum absolute atomic E-state index is 0.604. The van der Waals surface area contributed by atoms with Crippen molar-refractivity contribution in [3.63, 3.8) is 0 Å². The number of aliphatic carboxylic acids is 1. The third-order valence-electron chi connectivity index (χ3n) is 3.21. The van der Waals surface area contributed by atoms with Crippen LogP contribution in [0.2, 0.25) is 0 Å². The predicted octanol–water partition coefficient (Wildman–Crippen LogP) is 2.26. The summed E-state index contributed by atoms with van der Waals surface area (Å²) in [5.41, 5.74) is 6.50. The summed E-state index contributed by atoms with van der Waals surface area (Å²) in [4.78, 5) is 23.0. The van der Waals surface area contributed by atoms with Crippen LogP contribution < -0.4 is 11.1 Å². The SMILES string of the molecule is NC(=O)NC(c1ccccc1)C(C(=O)O)c1ccccc1. The summed E-state index contributed by atoms with van der Waals surface area (Å²) in [7, 11) is 0. The van der Waals surface area contributed by atoms with Gasteiger partial charge in [0.25, 0.3) is 0 Å². The van der Waals surface area contributed by atoms with Crippen LogP contribution in [0.15, 0.2) is 60.7 Å². The van der Waals surface area contributed by atoms with Crippen molar-refractivity contribution in [1.82, 2.24) is 5.32 Å². The van der Waals surface area contributed by atoms with Crippen LogP contribution in [0.4, 0.5) is 4.79 Å². The number of rotatable bonds is 5. The number of carbonyl (C=O) groups excluding carboxylic acids is 1. The lowest BCUT2D eigenvalue weighted by Crippen LogP contribution is -2.38. The van der Waals surface area contributed by atoms with Gasteiger partial charge < -0.3 is 16.2 Å². The van der Waals surface area contributed by atoms with Crippen LogP contribution in [0.3, 0.4) is 0 Å². The Morgan fingerprint density at radius 2 is 1.38 bits per heavy atom. The maximum Gasteiger partial charge on any atom is 0.313 e. The van der Waals surface area contributed by atoms with E-state index < -0.39 is 24.0 Å².